The fraction of sp³-hybridized carbons (Fsp3) is 0.750. The maximum absolute atomic E-state index is 11.9. The van der Waals surface area contributed by atoms with Crippen molar-refractivity contribution in [2.45, 2.75) is 79.1 Å². The maximum atomic E-state index is 11.9. The van der Waals surface area contributed by atoms with E-state index in [-0.39, 0.29) is 0 Å². The molecule has 9 nitrogen and oxygen atoms in total. The van der Waals surface area contributed by atoms with Crippen LogP contribution in [0.4, 0.5) is 4.79 Å². The molecule has 0 saturated heterocycles. The highest BCUT2D eigenvalue weighted by Crippen LogP contribution is 2.06. The number of hydrogen-bond acceptors (Lipinski definition) is 5. The second-order valence-electron chi connectivity index (χ2n) is 6.17. The molecule has 3 unspecified atom stereocenters. The van der Waals surface area contributed by atoms with E-state index in [1.807, 2.05) is 13.8 Å². The van der Waals surface area contributed by atoms with Gasteiger partial charge in [-0.1, -0.05) is 13.8 Å². The highest BCUT2D eigenvalue weighted by Gasteiger charge is 2.24. The molecule has 0 aliphatic heterocycles. The van der Waals surface area contributed by atoms with Gasteiger partial charge in [0.25, 0.3) is 0 Å². The molecule has 0 rings (SSSR count). The number of carbonyl (C=O) groups is 4. The first-order chi connectivity index (χ1) is 11.3. The average molecular weight is 361 g/mol. The summed E-state index contributed by atoms with van der Waals surface area (Å²) in [4.78, 5) is 45.8. The summed E-state index contributed by atoms with van der Waals surface area (Å²) in [6.07, 6.45) is -0.753. The number of ether oxygens (including phenoxy) is 1. The Hall–Kier alpha value is -2.32. The highest BCUT2D eigenvalue weighted by molar-refractivity contribution is 5.92. The first kappa shape index (κ1) is 24.9. The van der Waals surface area contributed by atoms with Crippen molar-refractivity contribution in [3.63, 3.8) is 0 Å². The molecule has 25 heavy (non-hydrogen) atoms. The summed E-state index contributed by atoms with van der Waals surface area (Å²) >= 11 is 0. The van der Waals surface area contributed by atoms with Crippen LogP contribution in [0.5, 0.6) is 0 Å². The lowest BCUT2D eigenvalue weighted by molar-refractivity contribution is -0.141. The van der Waals surface area contributed by atoms with Crippen LogP contribution in [0.1, 0.15) is 55.4 Å². The standard InChI is InChI=1S/C14H25N3O6.C2H6/c1-7(10(18)16-9(3)12(20)21)15-11(19)8(2)17-13(22)23-14(4,5)6;1-2/h7-9H,1-6H3,(H,15,19)(H,16,18)(H,17,22)(H,20,21);1-2H3. The van der Waals surface area contributed by atoms with Crippen LogP contribution in [0.15, 0.2) is 0 Å². The van der Waals surface area contributed by atoms with Crippen molar-refractivity contribution >= 4 is 23.9 Å². The van der Waals surface area contributed by atoms with Gasteiger partial charge >= 0.3 is 12.1 Å². The molecule has 3 amide bonds. The third kappa shape index (κ3) is 11.8. The molecule has 0 aliphatic carbocycles. The summed E-state index contributed by atoms with van der Waals surface area (Å²) in [5.41, 5.74) is -0.694. The van der Waals surface area contributed by atoms with Gasteiger partial charge in [-0.2, -0.15) is 0 Å². The summed E-state index contributed by atoms with van der Waals surface area (Å²) in [6.45, 7) is 13.2. The van der Waals surface area contributed by atoms with Gasteiger partial charge in [0, 0.05) is 0 Å². The largest absolute Gasteiger partial charge is 0.480 e. The van der Waals surface area contributed by atoms with Gasteiger partial charge in [0.2, 0.25) is 11.8 Å². The molecule has 4 N–H and O–H groups in total. The molecule has 0 heterocycles. The topological polar surface area (TPSA) is 134 Å². The molecule has 0 aromatic rings. The van der Waals surface area contributed by atoms with Gasteiger partial charge in [-0.15, -0.1) is 0 Å². The Balaban J connectivity index is 0. The van der Waals surface area contributed by atoms with Gasteiger partial charge < -0.3 is 25.8 Å². The van der Waals surface area contributed by atoms with Crippen molar-refractivity contribution in [3.8, 4) is 0 Å². The maximum Gasteiger partial charge on any atom is 0.408 e. The SMILES string of the molecule is CC.CC(NC(=O)C(C)NC(=O)C(C)NC(=O)OC(C)(C)C)C(=O)O. The molecule has 146 valence electrons. The minimum atomic E-state index is -1.18. The van der Waals surface area contributed by atoms with E-state index in [9.17, 15) is 19.2 Å². The molecule has 3 atom stereocenters. The van der Waals surface area contributed by atoms with Crippen molar-refractivity contribution in [2.75, 3.05) is 0 Å². The summed E-state index contributed by atoms with van der Waals surface area (Å²) in [7, 11) is 0. The zero-order chi connectivity index (χ0) is 20.4. The second-order valence-corrected chi connectivity index (χ2v) is 6.17. The van der Waals surface area contributed by atoms with Gasteiger partial charge in [0.1, 0.15) is 23.7 Å². The summed E-state index contributed by atoms with van der Waals surface area (Å²) < 4.78 is 5.02. The molecule has 0 aromatic heterocycles. The van der Waals surface area contributed by atoms with Crippen LogP contribution in [0.3, 0.4) is 0 Å². The van der Waals surface area contributed by atoms with Crippen LogP contribution in [-0.2, 0) is 19.1 Å². The van der Waals surface area contributed by atoms with Crippen LogP contribution in [-0.4, -0.2) is 52.7 Å². The predicted octanol–water partition coefficient (Wildman–Crippen LogP) is 1.02. The fourth-order valence-electron chi connectivity index (χ4n) is 1.35. The number of alkyl carbamates (subject to hydrolysis) is 1. The number of hydrogen-bond donors (Lipinski definition) is 4. The quantitative estimate of drug-likeness (QED) is 0.558. The van der Waals surface area contributed by atoms with Gasteiger partial charge in [0.15, 0.2) is 0 Å². The lowest BCUT2D eigenvalue weighted by Crippen LogP contribution is -2.53. The van der Waals surface area contributed by atoms with Gasteiger partial charge in [-0.3, -0.25) is 14.4 Å². The summed E-state index contributed by atoms with van der Waals surface area (Å²) in [5.74, 6) is -2.42. The third-order valence-corrected chi connectivity index (χ3v) is 2.61. The van der Waals surface area contributed by atoms with Crippen molar-refractivity contribution < 1.29 is 29.0 Å². The Labute approximate surface area is 148 Å². The molecule has 0 aromatic carbocycles. The van der Waals surface area contributed by atoms with E-state index in [0.717, 1.165) is 0 Å². The molecule has 0 saturated carbocycles. The number of amides is 3. The van der Waals surface area contributed by atoms with E-state index in [0.29, 0.717) is 0 Å². The zero-order valence-electron chi connectivity index (χ0n) is 16.2. The second kappa shape index (κ2) is 11.3. The Kier molecular flexibility index (Phi) is 11.2. The van der Waals surface area contributed by atoms with E-state index < -0.39 is 47.6 Å². The normalized spacial score (nSPS) is 13.9. The predicted molar refractivity (Wildman–Crippen MR) is 93.0 cm³/mol. The summed E-state index contributed by atoms with van der Waals surface area (Å²) in [5, 5.41) is 15.7. The molecule has 9 heteroatoms. The molecule has 0 radical (unpaired) electrons. The van der Waals surface area contributed by atoms with Gasteiger partial charge in [-0.25, -0.2) is 4.79 Å². The number of aliphatic carboxylic acids is 1. The number of carbonyl (C=O) groups excluding carboxylic acids is 3. The fourth-order valence-corrected chi connectivity index (χ4v) is 1.35. The van der Waals surface area contributed by atoms with Crippen molar-refractivity contribution in [2.24, 2.45) is 0 Å². The lowest BCUT2D eigenvalue weighted by atomic mass is 10.2. The monoisotopic (exact) mass is 361 g/mol. The van der Waals surface area contributed by atoms with Gasteiger partial charge in [-0.05, 0) is 41.5 Å². The smallest absolute Gasteiger partial charge is 0.408 e. The Morgan fingerprint density at radius 2 is 1.16 bits per heavy atom. The Morgan fingerprint density at radius 1 is 0.800 bits per heavy atom. The van der Waals surface area contributed by atoms with E-state index in [2.05, 4.69) is 16.0 Å². The van der Waals surface area contributed by atoms with Crippen molar-refractivity contribution in [1.29, 1.82) is 0 Å². The van der Waals surface area contributed by atoms with Crippen molar-refractivity contribution in [3.05, 3.63) is 0 Å². The van der Waals surface area contributed by atoms with Crippen LogP contribution < -0.4 is 16.0 Å². The van der Waals surface area contributed by atoms with Gasteiger partial charge in [0.05, 0.1) is 0 Å². The lowest BCUT2D eigenvalue weighted by Gasteiger charge is -2.22. The molecular weight excluding hydrogens is 330 g/mol. The van der Waals surface area contributed by atoms with E-state index in [4.69, 9.17) is 9.84 Å². The minimum absolute atomic E-state index is 0.596. The number of rotatable bonds is 6. The van der Waals surface area contributed by atoms with Crippen LogP contribution in [0.2, 0.25) is 0 Å². The van der Waals surface area contributed by atoms with Crippen LogP contribution in [0.25, 0.3) is 0 Å². The number of nitrogens with one attached hydrogen (secondary N) is 3. The molecule has 0 fully saturated rings. The molecule has 0 spiro atoms. The van der Waals surface area contributed by atoms with E-state index in [1.54, 1.807) is 20.8 Å². The Bertz CT molecular complexity index is 473. The third-order valence-electron chi connectivity index (χ3n) is 2.61. The first-order valence-corrected chi connectivity index (χ1v) is 8.16. The number of carboxylic acid groups (broad SMARTS) is 1. The van der Waals surface area contributed by atoms with Crippen LogP contribution in [0, 0.1) is 0 Å². The highest BCUT2D eigenvalue weighted by atomic mass is 16.6. The van der Waals surface area contributed by atoms with Crippen molar-refractivity contribution in [1.82, 2.24) is 16.0 Å². The molecule has 0 aliphatic rings. The van der Waals surface area contributed by atoms with E-state index in [1.165, 1.54) is 20.8 Å². The number of carboxylic acids is 1. The minimum Gasteiger partial charge on any atom is -0.480 e. The first-order valence-electron chi connectivity index (χ1n) is 8.16. The van der Waals surface area contributed by atoms with E-state index >= 15 is 0 Å². The molecular formula is C16H31N3O6. The summed E-state index contributed by atoms with van der Waals surface area (Å²) in [6, 6.07) is -2.94. The molecule has 0 bridgehead atoms. The Morgan fingerprint density at radius 3 is 1.52 bits per heavy atom. The zero-order valence-corrected chi connectivity index (χ0v) is 16.2. The van der Waals surface area contributed by atoms with Crippen LogP contribution >= 0.6 is 0 Å². The average Bonchev–Trinajstić information content (AvgIpc) is 2.46.